The van der Waals surface area contributed by atoms with Gasteiger partial charge in [-0.25, -0.2) is 19.7 Å². The van der Waals surface area contributed by atoms with Crippen LogP contribution in [-0.2, 0) is 0 Å². The molecule has 1 atom stereocenters. The van der Waals surface area contributed by atoms with Crippen LogP contribution in [0, 0.1) is 6.92 Å². The van der Waals surface area contributed by atoms with Crippen LogP contribution in [0.1, 0.15) is 12.5 Å². The zero-order chi connectivity index (χ0) is 22.9. The van der Waals surface area contributed by atoms with E-state index in [1.54, 1.807) is 11.7 Å². The monoisotopic (exact) mass is 468 g/mol. The van der Waals surface area contributed by atoms with Crippen LogP contribution in [0.3, 0.4) is 0 Å². The molecule has 3 aromatic rings. The molecule has 2 aliphatic rings. The van der Waals surface area contributed by atoms with Crippen LogP contribution < -0.4 is 26.2 Å². The first-order valence-electron chi connectivity index (χ1n) is 11.1. The number of nitrogens with two attached hydrogens (primary N) is 1. The number of hydrogen-bond acceptors (Lipinski definition) is 10. The average Bonchev–Trinajstić information content (AvgIpc) is 3.29. The molecule has 33 heavy (non-hydrogen) atoms. The van der Waals surface area contributed by atoms with Crippen LogP contribution in [0.15, 0.2) is 17.8 Å². The molecule has 0 aromatic carbocycles. The predicted octanol–water partition coefficient (Wildman–Crippen LogP) is 1.52. The molecule has 3 aromatic heterocycles. The van der Waals surface area contributed by atoms with Crippen LogP contribution in [0.2, 0.25) is 0 Å². The highest BCUT2D eigenvalue weighted by molar-refractivity contribution is 7.16. The summed E-state index contributed by atoms with van der Waals surface area (Å²) in [6.07, 6.45) is 1.76. The number of amides is 2. The lowest BCUT2D eigenvalue weighted by Crippen LogP contribution is -2.55. The average molecular weight is 469 g/mol. The number of urea groups is 1. The van der Waals surface area contributed by atoms with Crippen molar-refractivity contribution in [1.29, 1.82) is 0 Å². The number of fused-ring (bicyclic) bond motifs is 1. The molecule has 11 nitrogen and oxygen atoms in total. The highest BCUT2D eigenvalue weighted by atomic mass is 32.1. The van der Waals surface area contributed by atoms with Crippen LogP contribution in [0.25, 0.3) is 10.3 Å². The Morgan fingerprint density at radius 2 is 2.03 bits per heavy atom. The van der Waals surface area contributed by atoms with Crippen molar-refractivity contribution in [2.75, 3.05) is 66.7 Å². The number of pyridine rings is 1. The molecular formula is C21H28N10OS. The Bertz CT molecular complexity index is 1160. The topological polar surface area (TPSA) is 128 Å². The van der Waals surface area contributed by atoms with Crippen molar-refractivity contribution >= 4 is 51.0 Å². The quantitative estimate of drug-likeness (QED) is 0.524. The number of aromatic nitrogens is 4. The highest BCUT2D eigenvalue weighted by Gasteiger charge is 2.30. The fourth-order valence-electron chi connectivity index (χ4n) is 4.35. The number of aryl methyl sites for hydroxylation is 1. The van der Waals surface area contributed by atoms with Crippen molar-refractivity contribution in [3.05, 3.63) is 23.3 Å². The van der Waals surface area contributed by atoms with Crippen LogP contribution in [-0.4, -0.2) is 82.7 Å². The van der Waals surface area contributed by atoms with E-state index in [-0.39, 0.29) is 18.0 Å². The third-order valence-corrected chi connectivity index (χ3v) is 6.88. The van der Waals surface area contributed by atoms with Gasteiger partial charge in [0.05, 0.1) is 17.4 Å². The number of rotatable bonds is 3. The van der Waals surface area contributed by atoms with E-state index < -0.39 is 0 Å². The van der Waals surface area contributed by atoms with Crippen LogP contribution >= 0.6 is 11.3 Å². The van der Waals surface area contributed by atoms with Crippen molar-refractivity contribution in [1.82, 2.24) is 30.2 Å². The lowest BCUT2D eigenvalue weighted by molar-refractivity contribution is 0.200. The first kappa shape index (κ1) is 21.6. The Balaban J connectivity index is 1.25. The molecule has 5 heterocycles. The van der Waals surface area contributed by atoms with Gasteiger partial charge in [-0.3, -0.25) is 0 Å². The number of thiazole rings is 1. The van der Waals surface area contributed by atoms with Gasteiger partial charge in [-0.2, -0.15) is 4.98 Å². The van der Waals surface area contributed by atoms with Gasteiger partial charge in [-0.1, -0.05) is 0 Å². The second kappa shape index (κ2) is 8.94. The normalized spacial score (nSPS) is 19.2. The summed E-state index contributed by atoms with van der Waals surface area (Å²) in [7, 11) is 0. The van der Waals surface area contributed by atoms with Gasteiger partial charge in [0.1, 0.15) is 11.3 Å². The van der Waals surface area contributed by atoms with Crippen molar-refractivity contribution in [3.63, 3.8) is 0 Å². The number of carbonyl (C=O) groups excluding carboxylic acids is 1. The van der Waals surface area contributed by atoms with Gasteiger partial charge in [0.2, 0.25) is 5.95 Å². The van der Waals surface area contributed by atoms with E-state index in [9.17, 15) is 4.79 Å². The first-order chi connectivity index (χ1) is 16.0. The fourth-order valence-corrected chi connectivity index (χ4v) is 5.01. The molecule has 12 heteroatoms. The summed E-state index contributed by atoms with van der Waals surface area (Å²) in [5, 5.41) is 6.39. The number of hydrogen-bond donors (Lipinski definition) is 3. The summed E-state index contributed by atoms with van der Waals surface area (Å²) in [6.45, 7) is 9.63. The van der Waals surface area contributed by atoms with Gasteiger partial charge in [-0.15, -0.1) is 11.3 Å². The Hall–Kier alpha value is -3.25. The van der Waals surface area contributed by atoms with E-state index in [2.05, 4.69) is 47.3 Å². The summed E-state index contributed by atoms with van der Waals surface area (Å²) < 4.78 is 0. The maximum absolute atomic E-state index is 13.0. The number of carbonyl (C=O) groups is 1. The molecule has 0 spiro atoms. The summed E-state index contributed by atoms with van der Waals surface area (Å²) in [6, 6.07) is 1.97. The molecule has 0 radical (unpaired) electrons. The minimum absolute atomic E-state index is 0.0537. The molecule has 0 bridgehead atoms. The zero-order valence-corrected chi connectivity index (χ0v) is 19.6. The second-order valence-electron chi connectivity index (χ2n) is 8.42. The highest BCUT2D eigenvalue weighted by Crippen LogP contribution is 2.29. The Morgan fingerprint density at radius 3 is 2.79 bits per heavy atom. The summed E-state index contributed by atoms with van der Waals surface area (Å²) in [5.41, 5.74) is 10.2. The molecule has 0 aliphatic carbocycles. The van der Waals surface area contributed by atoms with Gasteiger partial charge in [0.15, 0.2) is 10.6 Å². The SMILES string of the molecule is Cc1cc(N2CCNCC2)ncc1NC(=O)N1CCN(c2nc(N)nc3scnc23)C(C)C1. The van der Waals surface area contributed by atoms with E-state index in [0.717, 1.165) is 59.4 Å². The van der Waals surface area contributed by atoms with Gasteiger partial charge in [0.25, 0.3) is 0 Å². The third-order valence-electron chi connectivity index (χ3n) is 6.16. The number of piperazine rings is 2. The third kappa shape index (κ3) is 4.35. The van der Waals surface area contributed by atoms with E-state index in [1.165, 1.54) is 11.3 Å². The Kier molecular flexibility index (Phi) is 5.85. The standard InChI is InChI=1S/C21H28N10OS/c1-13-9-16(29-5-3-23-4-6-29)24-10-15(13)26-21(32)30-7-8-31(14(2)11-30)18-17-19(33-12-25-17)28-20(22)27-18/h9-10,12,14,23H,3-8,11H2,1-2H3,(H,26,32)(H2,22,27,28). The maximum atomic E-state index is 13.0. The van der Waals surface area contributed by atoms with E-state index in [0.29, 0.717) is 19.6 Å². The molecule has 2 aliphatic heterocycles. The summed E-state index contributed by atoms with van der Waals surface area (Å²) in [4.78, 5) is 37.7. The summed E-state index contributed by atoms with van der Waals surface area (Å²) >= 11 is 1.44. The van der Waals surface area contributed by atoms with Gasteiger partial charge in [-0.05, 0) is 25.5 Å². The molecule has 174 valence electrons. The number of nitrogens with zero attached hydrogens (tertiary/aromatic N) is 7. The van der Waals surface area contributed by atoms with E-state index in [1.807, 2.05) is 17.9 Å². The Morgan fingerprint density at radius 1 is 1.21 bits per heavy atom. The van der Waals surface area contributed by atoms with Gasteiger partial charge < -0.3 is 31.1 Å². The molecule has 2 fully saturated rings. The van der Waals surface area contributed by atoms with E-state index >= 15 is 0 Å². The molecule has 1 unspecified atom stereocenters. The lowest BCUT2D eigenvalue weighted by atomic mass is 10.2. The van der Waals surface area contributed by atoms with Gasteiger partial charge >= 0.3 is 6.03 Å². The fraction of sp³-hybridized carbons (Fsp3) is 0.476. The molecule has 5 rings (SSSR count). The predicted molar refractivity (Wildman–Crippen MR) is 131 cm³/mol. The molecular weight excluding hydrogens is 440 g/mol. The van der Waals surface area contributed by atoms with Crippen LogP contribution in [0.5, 0.6) is 0 Å². The van der Waals surface area contributed by atoms with Crippen molar-refractivity contribution in [2.45, 2.75) is 19.9 Å². The van der Waals surface area contributed by atoms with Gasteiger partial charge in [0, 0.05) is 51.9 Å². The maximum Gasteiger partial charge on any atom is 0.322 e. The minimum Gasteiger partial charge on any atom is -0.368 e. The van der Waals surface area contributed by atoms with Crippen molar-refractivity contribution in [2.24, 2.45) is 0 Å². The van der Waals surface area contributed by atoms with Crippen molar-refractivity contribution in [3.8, 4) is 0 Å². The largest absolute Gasteiger partial charge is 0.368 e. The molecule has 4 N–H and O–H groups in total. The van der Waals surface area contributed by atoms with Crippen LogP contribution in [0.4, 0.5) is 28.1 Å². The second-order valence-corrected chi connectivity index (χ2v) is 9.26. The zero-order valence-electron chi connectivity index (χ0n) is 18.8. The number of anilines is 4. The first-order valence-corrected chi connectivity index (χ1v) is 12.0. The van der Waals surface area contributed by atoms with E-state index in [4.69, 9.17) is 5.73 Å². The lowest BCUT2D eigenvalue weighted by Gasteiger charge is -2.40. The molecule has 0 saturated carbocycles. The van der Waals surface area contributed by atoms with Crippen molar-refractivity contribution < 1.29 is 4.79 Å². The smallest absolute Gasteiger partial charge is 0.322 e. The number of nitrogen functional groups attached to an aromatic ring is 1. The molecule has 2 amide bonds. The summed E-state index contributed by atoms with van der Waals surface area (Å²) in [5.74, 6) is 1.92. The number of nitrogens with one attached hydrogen (secondary N) is 2. The Labute approximate surface area is 196 Å². The molecule has 2 saturated heterocycles. The minimum atomic E-state index is -0.123.